The Bertz CT molecular complexity index is 786. The van der Waals surface area contributed by atoms with Gasteiger partial charge in [-0.15, -0.1) is 0 Å². The maximum Gasteiger partial charge on any atom is 0.123 e. The van der Waals surface area contributed by atoms with Crippen molar-refractivity contribution in [3.63, 3.8) is 0 Å². The first-order valence-electron chi connectivity index (χ1n) is 8.38. The Hall–Kier alpha value is -2.33. The smallest absolute Gasteiger partial charge is 0.123 e. The molecule has 0 amide bonds. The molecule has 0 aliphatic rings. The molecule has 0 radical (unpaired) electrons. The lowest BCUT2D eigenvalue weighted by molar-refractivity contribution is 0.534. The molecule has 0 aliphatic heterocycles. The SMILES string of the molecule is CC(Cc1ccc2nccnc2c1)NCCCc1ccc(F)cc1. The zero-order valence-corrected chi connectivity index (χ0v) is 13.9. The number of nitrogens with one attached hydrogen (secondary N) is 1. The summed E-state index contributed by atoms with van der Waals surface area (Å²) in [5, 5.41) is 3.55. The zero-order chi connectivity index (χ0) is 16.8. The van der Waals surface area contributed by atoms with Crippen molar-refractivity contribution < 1.29 is 4.39 Å². The number of aryl methyl sites for hydroxylation is 1. The zero-order valence-electron chi connectivity index (χ0n) is 13.9. The fourth-order valence-electron chi connectivity index (χ4n) is 2.85. The van der Waals surface area contributed by atoms with Crippen LogP contribution in [0.15, 0.2) is 54.9 Å². The number of hydrogen-bond acceptors (Lipinski definition) is 3. The molecule has 24 heavy (non-hydrogen) atoms. The van der Waals surface area contributed by atoms with Crippen LogP contribution in [0.5, 0.6) is 0 Å². The molecule has 0 bridgehead atoms. The van der Waals surface area contributed by atoms with Gasteiger partial charge < -0.3 is 5.32 Å². The normalized spacial score (nSPS) is 12.4. The predicted molar refractivity (Wildman–Crippen MR) is 95.4 cm³/mol. The second kappa shape index (κ2) is 7.97. The van der Waals surface area contributed by atoms with Crippen molar-refractivity contribution in [3.05, 3.63) is 71.8 Å². The van der Waals surface area contributed by atoms with Crippen molar-refractivity contribution in [3.8, 4) is 0 Å². The summed E-state index contributed by atoms with van der Waals surface area (Å²) < 4.78 is 12.9. The number of hydrogen-bond donors (Lipinski definition) is 1. The average Bonchev–Trinajstić information content (AvgIpc) is 2.60. The number of aromatic nitrogens is 2. The highest BCUT2D eigenvalue weighted by atomic mass is 19.1. The van der Waals surface area contributed by atoms with E-state index in [-0.39, 0.29) is 5.82 Å². The second-order valence-corrected chi connectivity index (χ2v) is 6.17. The molecule has 124 valence electrons. The molecule has 1 atom stereocenters. The summed E-state index contributed by atoms with van der Waals surface area (Å²) in [6.45, 7) is 3.14. The van der Waals surface area contributed by atoms with Gasteiger partial charge in [0, 0.05) is 18.4 Å². The van der Waals surface area contributed by atoms with E-state index in [0.717, 1.165) is 36.8 Å². The maximum absolute atomic E-state index is 12.9. The molecule has 0 spiro atoms. The lowest BCUT2D eigenvalue weighted by atomic mass is 10.1. The van der Waals surface area contributed by atoms with E-state index in [2.05, 4.69) is 34.3 Å². The highest BCUT2D eigenvalue weighted by Crippen LogP contribution is 2.12. The molecule has 3 nitrogen and oxygen atoms in total. The Morgan fingerprint density at radius 2 is 1.67 bits per heavy atom. The van der Waals surface area contributed by atoms with Crippen molar-refractivity contribution in [1.82, 2.24) is 15.3 Å². The minimum absolute atomic E-state index is 0.175. The average molecular weight is 323 g/mol. The van der Waals surface area contributed by atoms with Crippen molar-refractivity contribution in [1.29, 1.82) is 0 Å². The minimum Gasteiger partial charge on any atom is -0.314 e. The first-order valence-corrected chi connectivity index (χ1v) is 8.38. The fourth-order valence-corrected chi connectivity index (χ4v) is 2.85. The van der Waals surface area contributed by atoms with Crippen molar-refractivity contribution >= 4 is 11.0 Å². The first kappa shape index (κ1) is 16.5. The molecule has 0 fully saturated rings. The molecule has 0 aliphatic carbocycles. The third-order valence-electron chi connectivity index (χ3n) is 4.12. The van der Waals surface area contributed by atoms with Crippen LogP contribution in [-0.2, 0) is 12.8 Å². The van der Waals surface area contributed by atoms with Gasteiger partial charge in [0.1, 0.15) is 5.82 Å². The fraction of sp³-hybridized carbons (Fsp3) is 0.300. The van der Waals surface area contributed by atoms with E-state index in [1.807, 2.05) is 18.2 Å². The molecule has 3 rings (SSSR count). The van der Waals surface area contributed by atoms with Crippen LogP contribution < -0.4 is 5.32 Å². The van der Waals surface area contributed by atoms with Crippen LogP contribution in [0, 0.1) is 5.82 Å². The van der Waals surface area contributed by atoms with Gasteiger partial charge in [-0.3, -0.25) is 9.97 Å². The summed E-state index contributed by atoms with van der Waals surface area (Å²) in [7, 11) is 0. The van der Waals surface area contributed by atoms with Crippen LogP contribution in [0.2, 0.25) is 0 Å². The van der Waals surface area contributed by atoms with Crippen LogP contribution in [0.25, 0.3) is 11.0 Å². The molecule has 1 unspecified atom stereocenters. The molecule has 1 heterocycles. The molecule has 0 saturated carbocycles. The Balaban J connectivity index is 1.44. The van der Waals surface area contributed by atoms with Gasteiger partial charge >= 0.3 is 0 Å². The molecule has 1 N–H and O–H groups in total. The number of benzene rings is 2. The van der Waals surface area contributed by atoms with Gasteiger partial charge in [0.15, 0.2) is 0 Å². The van der Waals surface area contributed by atoms with Crippen LogP contribution in [0.1, 0.15) is 24.5 Å². The van der Waals surface area contributed by atoms with E-state index in [4.69, 9.17) is 0 Å². The molecule has 0 saturated heterocycles. The van der Waals surface area contributed by atoms with Gasteiger partial charge in [-0.25, -0.2) is 4.39 Å². The van der Waals surface area contributed by atoms with Crippen LogP contribution in [0.3, 0.4) is 0 Å². The monoisotopic (exact) mass is 323 g/mol. The molecule has 3 aromatic rings. The van der Waals surface area contributed by atoms with Gasteiger partial charge in [0.25, 0.3) is 0 Å². The van der Waals surface area contributed by atoms with E-state index in [1.54, 1.807) is 12.4 Å². The van der Waals surface area contributed by atoms with E-state index < -0.39 is 0 Å². The van der Waals surface area contributed by atoms with Gasteiger partial charge in [-0.05, 0) is 68.1 Å². The topological polar surface area (TPSA) is 37.8 Å². The lowest BCUT2D eigenvalue weighted by Gasteiger charge is -2.14. The largest absolute Gasteiger partial charge is 0.314 e. The summed E-state index contributed by atoms with van der Waals surface area (Å²) in [6, 6.07) is 13.4. The number of nitrogens with zero attached hydrogens (tertiary/aromatic N) is 2. The Kier molecular flexibility index (Phi) is 5.49. The summed E-state index contributed by atoms with van der Waals surface area (Å²) in [5.41, 5.74) is 4.32. The summed E-state index contributed by atoms with van der Waals surface area (Å²) in [6.07, 6.45) is 6.41. The van der Waals surface area contributed by atoms with E-state index in [9.17, 15) is 4.39 Å². The molecule has 1 aromatic heterocycles. The highest BCUT2D eigenvalue weighted by molar-refractivity contribution is 5.74. The predicted octanol–water partition coefficient (Wildman–Crippen LogP) is 3.92. The van der Waals surface area contributed by atoms with E-state index >= 15 is 0 Å². The number of fused-ring (bicyclic) bond motifs is 1. The van der Waals surface area contributed by atoms with E-state index in [0.29, 0.717) is 6.04 Å². The molecular formula is C20H22FN3. The standard InChI is InChI=1S/C20H22FN3/c1-15(22-10-2-3-16-4-7-18(21)8-5-16)13-17-6-9-19-20(14-17)24-12-11-23-19/h4-9,11-12,14-15,22H,2-3,10,13H2,1H3. The molecular weight excluding hydrogens is 301 g/mol. The van der Waals surface area contributed by atoms with E-state index in [1.165, 1.54) is 23.3 Å². The second-order valence-electron chi connectivity index (χ2n) is 6.17. The number of rotatable bonds is 7. The Morgan fingerprint density at radius 1 is 0.958 bits per heavy atom. The lowest BCUT2D eigenvalue weighted by Crippen LogP contribution is -2.29. The summed E-state index contributed by atoms with van der Waals surface area (Å²) >= 11 is 0. The quantitative estimate of drug-likeness (QED) is 0.670. The van der Waals surface area contributed by atoms with Crippen LogP contribution in [0.4, 0.5) is 4.39 Å². The summed E-state index contributed by atoms with van der Waals surface area (Å²) in [5.74, 6) is -0.175. The first-order chi connectivity index (χ1) is 11.7. The van der Waals surface area contributed by atoms with Crippen LogP contribution >= 0.6 is 0 Å². The molecule has 4 heteroatoms. The summed E-state index contributed by atoms with van der Waals surface area (Å²) in [4.78, 5) is 8.65. The van der Waals surface area contributed by atoms with Crippen molar-refractivity contribution in [2.24, 2.45) is 0 Å². The minimum atomic E-state index is -0.175. The Morgan fingerprint density at radius 3 is 2.46 bits per heavy atom. The van der Waals surface area contributed by atoms with Crippen LogP contribution in [-0.4, -0.2) is 22.6 Å². The van der Waals surface area contributed by atoms with Crippen molar-refractivity contribution in [2.75, 3.05) is 6.54 Å². The van der Waals surface area contributed by atoms with Gasteiger partial charge in [-0.1, -0.05) is 18.2 Å². The number of halogens is 1. The highest BCUT2D eigenvalue weighted by Gasteiger charge is 2.05. The maximum atomic E-state index is 12.9. The third kappa shape index (κ3) is 4.59. The van der Waals surface area contributed by atoms with Gasteiger partial charge in [0.05, 0.1) is 11.0 Å². The van der Waals surface area contributed by atoms with Gasteiger partial charge in [-0.2, -0.15) is 0 Å². The molecule has 2 aromatic carbocycles. The van der Waals surface area contributed by atoms with Crippen molar-refractivity contribution in [2.45, 2.75) is 32.2 Å². The Labute approximate surface area is 142 Å². The third-order valence-corrected chi connectivity index (χ3v) is 4.12. The van der Waals surface area contributed by atoms with Gasteiger partial charge in [0.2, 0.25) is 0 Å².